The SMILES string of the molecule is COc1ccc(CCN2C(=O)C(=Cc3ccc(OC(=O)c4ccc([N+](=O)[O-])cc4)cc3)SC2=S)cc1OC. The van der Waals surface area contributed by atoms with E-state index in [0.717, 1.165) is 11.1 Å². The third-order valence-electron chi connectivity index (χ3n) is 5.65. The Kier molecular flexibility index (Phi) is 8.39. The molecular weight excluding hydrogens is 528 g/mol. The fraction of sp³-hybridized carbons (Fsp3) is 0.148. The van der Waals surface area contributed by atoms with E-state index in [-0.39, 0.29) is 17.2 Å². The van der Waals surface area contributed by atoms with E-state index in [4.69, 9.17) is 26.4 Å². The first-order valence-corrected chi connectivity index (χ1v) is 12.5. The summed E-state index contributed by atoms with van der Waals surface area (Å²) >= 11 is 6.67. The van der Waals surface area contributed by atoms with Crippen molar-refractivity contribution >= 4 is 51.9 Å². The Hall–Kier alpha value is -4.22. The Morgan fingerprint density at radius 2 is 1.71 bits per heavy atom. The molecule has 1 heterocycles. The molecule has 4 rings (SSSR count). The topological polar surface area (TPSA) is 108 Å². The lowest BCUT2D eigenvalue weighted by molar-refractivity contribution is -0.384. The van der Waals surface area contributed by atoms with Crippen molar-refractivity contribution in [3.63, 3.8) is 0 Å². The van der Waals surface area contributed by atoms with Crippen LogP contribution in [0.3, 0.4) is 0 Å². The minimum absolute atomic E-state index is 0.114. The van der Waals surface area contributed by atoms with Gasteiger partial charge in [-0.15, -0.1) is 0 Å². The molecule has 0 spiro atoms. The van der Waals surface area contributed by atoms with Crippen LogP contribution >= 0.6 is 24.0 Å². The van der Waals surface area contributed by atoms with E-state index in [2.05, 4.69) is 0 Å². The van der Waals surface area contributed by atoms with Crippen molar-refractivity contribution < 1.29 is 28.7 Å². The number of ether oxygens (including phenoxy) is 3. The van der Waals surface area contributed by atoms with Gasteiger partial charge < -0.3 is 14.2 Å². The molecule has 0 N–H and O–H groups in total. The number of amides is 1. The summed E-state index contributed by atoms with van der Waals surface area (Å²) in [5.41, 5.74) is 1.80. The molecule has 3 aromatic carbocycles. The zero-order valence-electron chi connectivity index (χ0n) is 20.4. The summed E-state index contributed by atoms with van der Waals surface area (Å²) < 4.78 is 16.4. The van der Waals surface area contributed by atoms with Gasteiger partial charge in [0.15, 0.2) is 11.5 Å². The molecule has 1 aliphatic heterocycles. The van der Waals surface area contributed by atoms with Crippen LogP contribution in [0.15, 0.2) is 71.6 Å². The van der Waals surface area contributed by atoms with Gasteiger partial charge in [0, 0.05) is 18.7 Å². The molecule has 1 fully saturated rings. The van der Waals surface area contributed by atoms with Gasteiger partial charge in [-0.05, 0) is 60.0 Å². The molecule has 0 radical (unpaired) electrons. The van der Waals surface area contributed by atoms with Crippen LogP contribution < -0.4 is 14.2 Å². The molecule has 0 aliphatic carbocycles. The molecule has 1 saturated heterocycles. The van der Waals surface area contributed by atoms with Crippen molar-refractivity contribution in [2.75, 3.05) is 20.8 Å². The van der Waals surface area contributed by atoms with Gasteiger partial charge in [-0.1, -0.05) is 42.2 Å². The number of hydrogen-bond donors (Lipinski definition) is 0. The first-order chi connectivity index (χ1) is 18.3. The van der Waals surface area contributed by atoms with Crippen LogP contribution in [0.2, 0.25) is 0 Å². The fourth-order valence-electron chi connectivity index (χ4n) is 3.64. The minimum Gasteiger partial charge on any atom is -0.493 e. The molecule has 1 aliphatic rings. The Morgan fingerprint density at radius 1 is 1.03 bits per heavy atom. The first kappa shape index (κ1) is 26.8. The van der Waals surface area contributed by atoms with E-state index in [0.29, 0.717) is 39.4 Å². The number of benzene rings is 3. The quantitative estimate of drug-likeness (QED) is 0.0878. The molecule has 38 heavy (non-hydrogen) atoms. The van der Waals surface area contributed by atoms with Crippen LogP contribution in [0.5, 0.6) is 17.2 Å². The van der Waals surface area contributed by atoms with Gasteiger partial charge in [-0.2, -0.15) is 0 Å². The summed E-state index contributed by atoms with van der Waals surface area (Å²) in [5, 5.41) is 10.8. The summed E-state index contributed by atoms with van der Waals surface area (Å²) in [6, 6.07) is 17.4. The normalized spacial score (nSPS) is 14.1. The average Bonchev–Trinajstić information content (AvgIpc) is 3.19. The van der Waals surface area contributed by atoms with Crippen molar-refractivity contribution in [1.29, 1.82) is 0 Å². The van der Waals surface area contributed by atoms with Crippen molar-refractivity contribution in [3.8, 4) is 17.2 Å². The molecule has 0 aromatic heterocycles. The van der Waals surface area contributed by atoms with Crippen molar-refractivity contribution in [2.24, 2.45) is 0 Å². The van der Waals surface area contributed by atoms with Gasteiger partial charge >= 0.3 is 5.97 Å². The largest absolute Gasteiger partial charge is 0.493 e. The van der Waals surface area contributed by atoms with E-state index in [9.17, 15) is 19.7 Å². The molecule has 3 aromatic rings. The molecular formula is C27H22N2O7S2. The predicted octanol–water partition coefficient (Wildman–Crippen LogP) is 5.28. The maximum Gasteiger partial charge on any atom is 0.343 e. The van der Waals surface area contributed by atoms with E-state index >= 15 is 0 Å². The van der Waals surface area contributed by atoms with Crippen LogP contribution in [0, 0.1) is 10.1 Å². The van der Waals surface area contributed by atoms with Crippen LogP contribution in [-0.4, -0.2) is 46.8 Å². The van der Waals surface area contributed by atoms with Crippen molar-refractivity contribution in [2.45, 2.75) is 6.42 Å². The lowest BCUT2D eigenvalue weighted by Gasteiger charge is -2.15. The summed E-state index contributed by atoms with van der Waals surface area (Å²) in [6.07, 6.45) is 2.33. The lowest BCUT2D eigenvalue weighted by Crippen LogP contribution is -2.30. The highest BCUT2D eigenvalue weighted by Crippen LogP contribution is 2.33. The maximum absolute atomic E-state index is 13.0. The van der Waals surface area contributed by atoms with Gasteiger partial charge in [-0.3, -0.25) is 19.8 Å². The smallest absolute Gasteiger partial charge is 0.343 e. The summed E-state index contributed by atoms with van der Waals surface area (Å²) in [6.45, 7) is 0.426. The van der Waals surface area contributed by atoms with E-state index in [1.165, 1.54) is 36.0 Å². The zero-order chi connectivity index (χ0) is 27.2. The highest BCUT2D eigenvalue weighted by Gasteiger charge is 2.31. The second kappa shape index (κ2) is 11.9. The number of thioether (sulfide) groups is 1. The Bertz CT molecular complexity index is 1420. The molecule has 11 heteroatoms. The number of non-ortho nitro benzene ring substituents is 1. The molecule has 0 saturated carbocycles. The summed E-state index contributed by atoms with van der Waals surface area (Å²) in [7, 11) is 3.15. The van der Waals surface area contributed by atoms with Crippen LogP contribution in [0.25, 0.3) is 6.08 Å². The summed E-state index contributed by atoms with van der Waals surface area (Å²) in [5.74, 6) is 0.749. The maximum atomic E-state index is 13.0. The Labute approximate surface area is 228 Å². The van der Waals surface area contributed by atoms with Crippen LogP contribution in [-0.2, 0) is 11.2 Å². The van der Waals surface area contributed by atoms with Gasteiger partial charge in [0.05, 0.1) is 29.6 Å². The molecule has 0 unspecified atom stereocenters. The second-order valence-corrected chi connectivity index (χ2v) is 9.71. The molecule has 1 amide bonds. The molecule has 0 bridgehead atoms. The first-order valence-electron chi connectivity index (χ1n) is 11.3. The standard InChI is InChI=1S/C27H22N2O7S2/c1-34-22-12-5-18(15-23(22)35-2)13-14-28-25(30)24(38-27(28)37)16-17-3-10-21(11-4-17)36-26(31)19-6-8-20(9-7-19)29(32)33/h3-12,15-16H,13-14H2,1-2H3. The van der Waals surface area contributed by atoms with Crippen LogP contribution in [0.4, 0.5) is 5.69 Å². The van der Waals surface area contributed by atoms with Gasteiger partial charge in [0.2, 0.25) is 0 Å². The Balaban J connectivity index is 1.37. The monoisotopic (exact) mass is 550 g/mol. The van der Waals surface area contributed by atoms with Gasteiger partial charge in [0.25, 0.3) is 11.6 Å². The minimum atomic E-state index is -0.636. The molecule has 9 nitrogen and oxygen atoms in total. The third kappa shape index (κ3) is 6.18. The Morgan fingerprint density at radius 3 is 2.34 bits per heavy atom. The highest BCUT2D eigenvalue weighted by molar-refractivity contribution is 8.26. The number of nitrogens with zero attached hydrogens (tertiary/aromatic N) is 2. The number of methoxy groups -OCH3 is 2. The number of esters is 1. The van der Waals surface area contributed by atoms with E-state index in [1.807, 2.05) is 18.2 Å². The van der Waals surface area contributed by atoms with Gasteiger partial charge in [-0.25, -0.2) is 4.79 Å². The third-order valence-corrected chi connectivity index (χ3v) is 7.03. The van der Waals surface area contributed by atoms with E-state index in [1.54, 1.807) is 49.5 Å². The average molecular weight is 551 g/mol. The predicted molar refractivity (Wildman–Crippen MR) is 148 cm³/mol. The number of carbonyl (C=O) groups is 2. The lowest BCUT2D eigenvalue weighted by atomic mass is 10.1. The second-order valence-electron chi connectivity index (χ2n) is 8.04. The van der Waals surface area contributed by atoms with Crippen molar-refractivity contribution in [1.82, 2.24) is 4.90 Å². The molecule has 0 atom stereocenters. The number of thiocarbonyl (C=S) groups is 1. The number of rotatable bonds is 9. The number of carbonyl (C=O) groups excluding carboxylic acids is 2. The number of nitro benzene ring substituents is 1. The van der Waals surface area contributed by atoms with E-state index < -0.39 is 10.9 Å². The number of hydrogen-bond acceptors (Lipinski definition) is 9. The molecule has 194 valence electrons. The zero-order valence-corrected chi connectivity index (χ0v) is 22.0. The number of nitro groups is 1. The van der Waals surface area contributed by atoms with Crippen molar-refractivity contribution in [3.05, 3.63) is 98.4 Å². The highest BCUT2D eigenvalue weighted by atomic mass is 32.2. The van der Waals surface area contributed by atoms with Crippen LogP contribution in [0.1, 0.15) is 21.5 Å². The van der Waals surface area contributed by atoms with Gasteiger partial charge in [0.1, 0.15) is 10.1 Å². The fourth-order valence-corrected chi connectivity index (χ4v) is 4.95. The summed E-state index contributed by atoms with van der Waals surface area (Å²) in [4.78, 5) is 37.6.